The van der Waals surface area contributed by atoms with E-state index in [9.17, 15) is 14.3 Å². The van der Waals surface area contributed by atoms with Crippen LogP contribution in [0, 0.1) is 5.82 Å². The first-order valence-corrected chi connectivity index (χ1v) is 12.8. The maximum Gasteiger partial charge on any atom is 0.251 e. The van der Waals surface area contributed by atoms with E-state index in [4.69, 9.17) is 0 Å². The standard InChI is InChI=1S/C32H30FN3O2/c1-21(34-18-17-22-7-14-27(33)15-8-22)35-28-16-13-26-19-30(37)31(29(26)20-28)36-32(38)25-11-9-24(10-12-25)23-5-3-2-4-6-23/h2-16,20,30-31,37H,17-19H2,1H3,(H,34,35)(H,36,38)/t30-,31?/m1/s1. The van der Waals surface area contributed by atoms with E-state index >= 15 is 0 Å². The third-order valence-electron chi connectivity index (χ3n) is 6.82. The highest BCUT2D eigenvalue weighted by molar-refractivity contribution is 5.95. The summed E-state index contributed by atoms with van der Waals surface area (Å²) in [5.74, 6) is 0.287. The van der Waals surface area contributed by atoms with Gasteiger partial charge in [0.2, 0.25) is 0 Å². The molecule has 0 bridgehead atoms. The van der Waals surface area contributed by atoms with Crippen molar-refractivity contribution in [1.82, 2.24) is 5.32 Å². The van der Waals surface area contributed by atoms with Gasteiger partial charge in [0.1, 0.15) is 5.82 Å². The number of carbonyl (C=O) groups is 1. The van der Waals surface area contributed by atoms with Gasteiger partial charge in [-0.3, -0.25) is 9.79 Å². The predicted octanol–water partition coefficient (Wildman–Crippen LogP) is 5.95. The molecule has 1 aliphatic carbocycles. The molecule has 4 aromatic carbocycles. The fourth-order valence-electron chi connectivity index (χ4n) is 4.79. The molecule has 5 rings (SSSR count). The van der Waals surface area contributed by atoms with E-state index in [1.807, 2.05) is 79.7 Å². The molecule has 1 aliphatic rings. The number of nitrogens with one attached hydrogen (secondary N) is 2. The van der Waals surface area contributed by atoms with E-state index < -0.39 is 12.1 Å². The van der Waals surface area contributed by atoms with Crippen molar-refractivity contribution < 1.29 is 14.3 Å². The van der Waals surface area contributed by atoms with Crippen LogP contribution < -0.4 is 10.6 Å². The van der Waals surface area contributed by atoms with Crippen LogP contribution in [-0.4, -0.2) is 29.5 Å². The van der Waals surface area contributed by atoms with E-state index in [0.717, 1.165) is 45.8 Å². The number of aliphatic imine (C=N–C) groups is 1. The van der Waals surface area contributed by atoms with Gasteiger partial charge in [-0.15, -0.1) is 0 Å². The largest absolute Gasteiger partial charge is 0.390 e. The first kappa shape index (κ1) is 25.4. The second kappa shape index (κ2) is 11.4. The second-order valence-electron chi connectivity index (χ2n) is 9.55. The van der Waals surface area contributed by atoms with Gasteiger partial charge < -0.3 is 15.7 Å². The minimum absolute atomic E-state index is 0.224. The van der Waals surface area contributed by atoms with E-state index in [1.54, 1.807) is 12.1 Å². The summed E-state index contributed by atoms with van der Waals surface area (Å²) in [5, 5.41) is 17.1. The maximum absolute atomic E-state index is 13.1. The molecule has 1 amide bonds. The summed E-state index contributed by atoms with van der Waals surface area (Å²) in [6.07, 6.45) is 0.507. The maximum atomic E-state index is 13.1. The third-order valence-corrected chi connectivity index (χ3v) is 6.82. The van der Waals surface area contributed by atoms with Crippen molar-refractivity contribution in [2.45, 2.75) is 31.9 Å². The van der Waals surface area contributed by atoms with Crippen molar-refractivity contribution in [3.8, 4) is 11.1 Å². The van der Waals surface area contributed by atoms with Crippen LogP contribution in [-0.2, 0) is 12.8 Å². The Morgan fingerprint density at radius 1 is 0.947 bits per heavy atom. The molecule has 0 saturated carbocycles. The Labute approximate surface area is 222 Å². The van der Waals surface area contributed by atoms with Crippen LogP contribution in [0.5, 0.6) is 0 Å². The monoisotopic (exact) mass is 507 g/mol. The molecule has 38 heavy (non-hydrogen) atoms. The number of rotatable bonds is 7. The van der Waals surface area contributed by atoms with E-state index in [2.05, 4.69) is 15.6 Å². The van der Waals surface area contributed by atoms with Crippen molar-refractivity contribution in [2.24, 2.45) is 4.99 Å². The number of anilines is 1. The van der Waals surface area contributed by atoms with Gasteiger partial charge in [-0.25, -0.2) is 4.39 Å². The molecule has 2 atom stereocenters. The SMILES string of the molecule is CC(=NCCc1ccc(F)cc1)Nc1ccc2c(c1)C(NC(=O)c1ccc(-c3ccccc3)cc1)[C@H](O)C2. The van der Waals surface area contributed by atoms with E-state index in [1.165, 1.54) is 12.1 Å². The van der Waals surface area contributed by atoms with Crippen LogP contribution in [0.2, 0.25) is 0 Å². The molecule has 3 N–H and O–H groups in total. The number of nitrogens with zero attached hydrogens (tertiary/aromatic N) is 1. The number of fused-ring (bicyclic) bond motifs is 1. The zero-order valence-corrected chi connectivity index (χ0v) is 21.2. The molecule has 4 aromatic rings. The number of amidine groups is 1. The van der Waals surface area contributed by atoms with Crippen molar-refractivity contribution in [2.75, 3.05) is 11.9 Å². The van der Waals surface area contributed by atoms with Gasteiger partial charge in [-0.05, 0) is 77.6 Å². The van der Waals surface area contributed by atoms with Crippen LogP contribution in [0.25, 0.3) is 11.1 Å². The van der Waals surface area contributed by atoms with Crippen LogP contribution >= 0.6 is 0 Å². The fourth-order valence-corrected chi connectivity index (χ4v) is 4.79. The Morgan fingerprint density at radius 2 is 1.66 bits per heavy atom. The highest BCUT2D eigenvalue weighted by Crippen LogP contribution is 2.34. The molecule has 0 aliphatic heterocycles. The highest BCUT2D eigenvalue weighted by Gasteiger charge is 2.32. The summed E-state index contributed by atoms with van der Waals surface area (Å²) in [6.45, 7) is 2.47. The molecule has 6 heteroatoms. The quantitative estimate of drug-likeness (QED) is 0.214. The third kappa shape index (κ3) is 5.98. The summed E-state index contributed by atoms with van der Waals surface area (Å²) in [5.41, 5.74) is 6.46. The zero-order valence-electron chi connectivity index (χ0n) is 21.2. The van der Waals surface area contributed by atoms with E-state index in [0.29, 0.717) is 18.5 Å². The minimum atomic E-state index is -0.696. The normalized spacial score (nSPS) is 16.7. The molecule has 0 saturated heterocycles. The summed E-state index contributed by atoms with van der Waals surface area (Å²) in [7, 11) is 0. The lowest BCUT2D eigenvalue weighted by molar-refractivity contribution is 0.0858. The molecule has 0 fully saturated rings. The molecule has 0 spiro atoms. The summed E-state index contributed by atoms with van der Waals surface area (Å²) < 4.78 is 13.1. The topological polar surface area (TPSA) is 73.7 Å². The molecule has 0 aromatic heterocycles. The average Bonchev–Trinajstić information content (AvgIpc) is 3.24. The number of hydrogen-bond acceptors (Lipinski definition) is 3. The van der Waals surface area contributed by atoms with Crippen molar-refractivity contribution >= 4 is 17.4 Å². The fraction of sp³-hybridized carbons (Fsp3) is 0.188. The van der Waals surface area contributed by atoms with Gasteiger partial charge >= 0.3 is 0 Å². The van der Waals surface area contributed by atoms with Gasteiger partial charge in [0.25, 0.3) is 5.91 Å². The van der Waals surface area contributed by atoms with Gasteiger partial charge in [-0.2, -0.15) is 0 Å². The molecule has 0 radical (unpaired) electrons. The number of hydrogen-bond donors (Lipinski definition) is 3. The van der Waals surface area contributed by atoms with Crippen molar-refractivity contribution in [1.29, 1.82) is 0 Å². The lowest BCUT2D eigenvalue weighted by atomic mass is 10.0. The number of amides is 1. The Morgan fingerprint density at radius 3 is 2.39 bits per heavy atom. The molecule has 0 heterocycles. The Balaban J connectivity index is 1.23. The van der Waals surface area contributed by atoms with Crippen molar-refractivity contribution in [3.05, 3.63) is 125 Å². The Bertz CT molecular complexity index is 1430. The van der Waals surface area contributed by atoms with Gasteiger partial charge in [0.15, 0.2) is 0 Å². The zero-order chi connectivity index (χ0) is 26.5. The average molecular weight is 508 g/mol. The van der Waals surface area contributed by atoms with Crippen molar-refractivity contribution in [3.63, 3.8) is 0 Å². The van der Waals surface area contributed by atoms with Crippen LogP contribution in [0.3, 0.4) is 0 Å². The van der Waals surface area contributed by atoms with Gasteiger partial charge in [-0.1, -0.05) is 60.7 Å². The lowest BCUT2D eigenvalue weighted by Crippen LogP contribution is -2.33. The predicted molar refractivity (Wildman–Crippen MR) is 150 cm³/mol. The van der Waals surface area contributed by atoms with Gasteiger partial charge in [0.05, 0.1) is 18.0 Å². The Hall–Kier alpha value is -4.29. The lowest BCUT2D eigenvalue weighted by Gasteiger charge is -2.19. The first-order chi connectivity index (χ1) is 18.5. The Kier molecular flexibility index (Phi) is 7.61. The molecular formula is C32H30FN3O2. The highest BCUT2D eigenvalue weighted by atomic mass is 19.1. The molecule has 1 unspecified atom stereocenters. The van der Waals surface area contributed by atoms with Gasteiger partial charge in [0, 0.05) is 24.2 Å². The minimum Gasteiger partial charge on any atom is -0.390 e. The first-order valence-electron chi connectivity index (χ1n) is 12.8. The summed E-state index contributed by atoms with van der Waals surface area (Å²) in [4.78, 5) is 17.6. The molecule has 5 nitrogen and oxygen atoms in total. The van der Waals surface area contributed by atoms with Crippen LogP contribution in [0.1, 0.15) is 40.0 Å². The van der Waals surface area contributed by atoms with Crippen LogP contribution in [0.15, 0.2) is 102 Å². The van der Waals surface area contributed by atoms with E-state index in [-0.39, 0.29) is 11.7 Å². The summed E-state index contributed by atoms with van der Waals surface area (Å²) >= 11 is 0. The number of benzene rings is 4. The van der Waals surface area contributed by atoms with Crippen LogP contribution in [0.4, 0.5) is 10.1 Å². The summed E-state index contributed by atoms with van der Waals surface area (Å²) in [6, 6.07) is 29.4. The molecule has 192 valence electrons. The number of aliphatic hydroxyl groups excluding tert-OH is 1. The molecular weight excluding hydrogens is 477 g/mol. The number of halogens is 1. The smallest absolute Gasteiger partial charge is 0.251 e. The number of aliphatic hydroxyl groups is 1. The number of carbonyl (C=O) groups excluding carboxylic acids is 1. The second-order valence-corrected chi connectivity index (χ2v) is 9.55.